The fourth-order valence-electron chi connectivity index (χ4n) is 3.97. The summed E-state index contributed by atoms with van der Waals surface area (Å²) < 4.78 is 17.2. The van der Waals surface area contributed by atoms with Crippen molar-refractivity contribution in [2.24, 2.45) is 0 Å². The monoisotopic (exact) mass is 466 g/mol. The van der Waals surface area contributed by atoms with Gasteiger partial charge in [-0.3, -0.25) is 9.69 Å². The smallest absolute Gasteiger partial charge is 0.235 e. The van der Waals surface area contributed by atoms with E-state index in [2.05, 4.69) is 37.6 Å². The van der Waals surface area contributed by atoms with Crippen molar-refractivity contribution < 1.29 is 19.0 Å². The van der Waals surface area contributed by atoms with Gasteiger partial charge >= 0.3 is 0 Å². The van der Waals surface area contributed by atoms with Crippen LogP contribution in [-0.2, 0) is 5.41 Å². The van der Waals surface area contributed by atoms with E-state index in [4.69, 9.17) is 13.9 Å². The van der Waals surface area contributed by atoms with Gasteiger partial charge in [-0.05, 0) is 42.3 Å². The maximum Gasteiger partial charge on any atom is 0.235 e. The van der Waals surface area contributed by atoms with Crippen molar-refractivity contribution in [2.75, 3.05) is 46.4 Å². The van der Waals surface area contributed by atoms with Gasteiger partial charge in [0.1, 0.15) is 36.1 Å². The minimum atomic E-state index is -0.591. The lowest BCUT2D eigenvalue weighted by Gasteiger charge is -2.33. The van der Waals surface area contributed by atoms with Gasteiger partial charge in [-0.25, -0.2) is 0 Å². The van der Waals surface area contributed by atoms with Crippen molar-refractivity contribution >= 4 is 11.0 Å². The summed E-state index contributed by atoms with van der Waals surface area (Å²) in [5.74, 6) is 1.25. The quantitative estimate of drug-likeness (QED) is 0.567. The molecule has 7 nitrogen and oxygen atoms in total. The van der Waals surface area contributed by atoms with Crippen molar-refractivity contribution in [2.45, 2.75) is 32.3 Å². The summed E-state index contributed by atoms with van der Waals surface area (Å²) in [6.07, 6.45) is 0.737. The molecule has 0 saturated carbocycles. The van der Waals surface area contributed by atoms with Crippen LogP contribution in [0.4, 0.5) is 0 Å². The summed E-state index contributed by atoms with van der Waals surface area (Å²) in [6.45, 7) is 11.1. The van der Waals surface area contributed by atoms with E-state index < -0.39 is 6.10 Å². The number of ether oxygens (including phenoxy) is 2. The highest BCUT2D eigenvalue weighted by atomic mass is 16.5. The van der Waals surface area contributed by atoms with Gasteiger partial charge in [0.05, 0.1) is 5.39 Å². The molecule has 0 spiro atoms. The molecule has 182 valence electrons. The molecule has 0 amide bonds. The number of benzene rings is 2. The van der Waals surface area contributed by atoms with E-state index in [-0.39, 0.29) is 23.2 Å². The van der Waals surface area contributed by atoms with Crippen LogP contribution in [0, 0.1) is 0 Å². The first-order valence-corrected chi connectivity index (χ1v) is 11.7. The Morgan fingerprint density at radius 2 is 1.71 bits per heavy atom. The highest BCUT2D eigenvalue weighted by Gasteiger charge is 2.18. The number of aliphatic hydroxyl groups is 1. The van der Waals surface area contributed by atoms with Crippen LogP contribution in [0.2, 0.25) is 0 Å². The Kier molecular flexibility index (Phi) is 7.26. The standard InChI is InChI=1S/C27H34N2O5/c1-27(2,3)19-5-7-21(8-6-19)34-25-18-33-24-15-22(9-10-23(24)26(25)31)32-17-20(30)16-29-13-11-28(4)12-14-29/h5-10,15,18,20,30H,11-14,16-17H2,1-4H3/t20-/m0/s1. The predicted molar refractivity (Wildman–Crippen MR) is 133 cm³/mol. The van der Waals surface area contributed by atoms with E-state index in [1.54, 1.807) is 18.2 Å². The molecule has 1 aliphatic heterocycles. The molecule has 3 aromatic rings. The van der Waals surface area contributed by atoms with Crippen LogP contribution in [0.1, 0.15) is 26.3 Å². The fraction of sp³-hybridized carbons (Fsp3) is 0.444. The third-order valence-electron chi connectivity index (χ3n) is 6.17. The molecule has 1 saturated heterocycles. The minimum absolute atomic E-state index is 0.0426. The first-order valence-electron chi connectivity index (χ1n) is 11.7. The van der Waals surface area contributed by atoms with Gasteiger partial charge in [0, 0.05) is 38.8 Å². The van der Waals surface area contributed by atoms with Crippen LogP contribution in [0.25, 0.3) is 11.0 Å². The molecule has 1 N–H and O–H groups in total. The molecule has 1 fully saturated rings. The number of aliphatic hydroxyl groups excluding tert-OH is 1. The Morgan fingerprint density at radius 1 is 1.03 bits per heavy atom. The Bertz CT molecular complexity index is 1160. The molecule has 4 rings (SSSR count). The topological polar surface area (TPSA) is 75.4 Å². The van der Waals surface area contributed by atoms with Gasteiger partial charge < -0.3 is 23.9 Å². The molecule has 2 aromatic carbocycles. The third kappa shape index (κ3) is 5.97. The molecule has 1 aromatic heterocycles. The van der Waals surface area contributed by atoms with Crippen molar-refractivity contribution in [3.05, 3.63) is 64.5 Å². The molecule has 7 heteroatoms. The van der Waals surface area contributed by atoms with E-state index in [9.17, 15) is 9.90 Å². The zero-order chi connectivity index (χ0) is 24.3. The second kappa shape index (κ2) is 10.2. The fourth-order valence-corrected chi connectivity index (χ4v) is 3.97. The van der Waals surface area contributed by atoms with Crippen molar-refractivity contribution in [1.29, 1.82) is 0 Å². The zero-order valence-corrected chi connectivity index (χ0v) is 20.4. The molecule has 34 heavy (non-hydrogen) atoms. The van der Waals surface area contributed by atoms with Gasteiger partial charge in [0.2, 0.25) is 11.2 Å². The van der Waals surface area contributed by atoms with Crippen LogP contribution in [-0.4, -0.2) is 67.4 Å². The van der Waals surface area contributed by atoms with Gasteiger partial charge in [0.25, 0.3) is 0 Å². The molecule has 0 unspecified atom stereocenters. The Balaban J connectivity index is 1.39. The number of rotatable bonds is 7. The van der Waals surface area contributed by atoms with Crippen LogP contribution in [0.3, 0.4) is 0 Å². The molecule has 2 heterocycles. The van der Waals surface area contributed by atoms with Gasteiger partial charge in [-0.1, -0.05) is 32.9 Å². The second-order valence-corrected chi connectivity index (χ2v) is 10.0. The molecule has 1 aliphatic rings. The maximum atomic E-state index is 12.9. The summed E-state index contributed by atoms with van der Waals surface area (Å²) in [5, 5.41) is 10.8. The average Bonchev–Trinajstić information content (AvgIpc) is 2.81. The molecule has 0 radical (unpaired) electrons. The first-order chi connectivity index (χ1) is 16.2. The summed E-state index contributed by atoms with van der Waals surface area (Å²) in [7, 11) is 2.11. The van der Waals surface area contributed by atoms with E-state index in [1.165, 1.54) is 11.8 Å². The number of nitrogens with zero attached hydrogens (tertiary/aromatic N) is 2. The number of hydrogen-bond donors (Lipinski definition) is 1. The van der Waals surface area contributed by atoms with Crippen LogP contribution >= 0.6 is 0 Å². The lowest BCUT2D eigenvalue weighted by atomic mass is 9.87. The first kappa shape index (κ1) is 24.3. The van der Waals surface area contributed by atoms with E-state index in [0.29, 0.717) is 29.0 Å². The number of likely N-dealkylation sites (N-methyl/N-ethyl adjacent to an activating group) is 1. The van der Waals surface area contributed by atoms with Crippen LogP contribution in [0.15, 0.2) is 57.9 Å². The lowest BCUT2D eigenvalue weighted by molar-refractivity contribution is 0.0505. The van der Waals surface area contributed by atoms with E-state index in [1.807, 2.05) is 24.3 Å². The highest BCUT2D eigenvalue weighted by Crippen LogP contribution is 2.27. The minimum Gasteiger partial charge on any atom is -0.491 e. The predicted octanol–water partition coefficient (Wildman–Crippen LogP) is 3.87. The third-order valence-corrected chi connectivity index (χ3v) is 6.17. The summed E-state index contributed by atoms with van der Waals surface area (Å²) in [6, 6.07) is 12.8. The van der Waals surface area contributed by atoms with Gasteiger partial charge in [-0.15, -0.1) is 0 Å². The Morgan fingerprint density at radius 3 is 2.38 bits per heavy atom. The van der Waals surface area contributed by atoms with Gasteiger partial charge in [0.15, 0.2) is 0 Å². The molecular formula is C27H34N2O5. The summed E-state index contributed by atoms with van der Waals surface area (Å²) in [4.78, 5) is 17.4. The number of piperazine rings is 1. The van der Waals surface area contributed by atoms with Crippen LogP contribution < -0.4 is 14.9 Å². The molecule has 1 atom stereocenters. The highest BCUT2D eigenvalue weighted by molar-refractivity contribution is 5.79. The maximum absolute atomic E-state index is 12.9. The van der Waals surface area contributed by atoms with E-state index >= 15 is 0 Å². The van der Waals surface area contributed by atoms with Crippen molar-refractivity contribution in [1.82, 2.24) is 9.80 Å². The van der Waals surface area contributed by atoms with Gasteiger partial charge in [-0.2, -0.15) is 0 Å². The summed E-state index contributed by atoms with van der Waals surface area (Å²) >= 11 is 0. The largest absolute Gasteiger partial charge is 0.491 e. The molecule has 0 bridgehead atoms. The Labute approximate surface area is 200 Å². The van der Waals surface area contributed by atoms with Crippen LogP contribution in [0.5, 0.6) is 17.2 Å². The number of β-amino-alcohol motifs (C(OH)–C–C–N with tert-alkyl or cyclic N) is 1. The molecule has 0 aliphatic carbocycles. The summed E-state index contributed by atoms with van der Waals surface area (Å²) in [5.41, 5.74) is 1.39. The van der Waals surface area contributed by atoms with E-state index in [0.717, 1.165) is 26.2 Å². The zero-order valence-electron chi connectivity index (χ0n) is 20.4. The average molecular weight is 467 g/mol. The Hall–Kier alpha value is -2.87. The molecular weight excluding hydrogens is 432 g/mol. The lowest BCUT2D eigenvalue weighted by Crippen LogP contribution is -2.47. The van der Waals surface area contributed by atoms with Crippen molar-refractivity contribution in [3.8, 4) is 17.2 Å². The normalized spacial score (nSPS) is 16.5. The SMILES string of the molecule is CN1CCN(C[C@H](O)COc2ccc3c(=O)c(Oc4ccc(C(C)(C)C)cc4)coc3c2)CC1. The number of hydrogen-bond acceptors (Lipinski definition) is 7. The second-order valence-electron chi connectivity index (χ2n) is 10.0. The van der Waals surface area contributed by atoms with Crippen molar-refractivity contribution in [3.63, 3.8) is 0 Å². The number of fused-ring (bicyclic) bond motifs is 1.